The standard InChI is InChI=1S/C31H24ClN5O5S2/c1-16-5-4-14-36-17(2)23(33-27(16)36)25(38)22-24(19-8-10-20(11-9-19)29(41)42-3)37(28(40)26(22)39)30-34-35-31(44-30)43-15-18-6-12-21(32)13-7-18/h4-14,24,38H,15H2,1-3H3/b25-22+. The maximum Gasteiger partial charge on any atom is 0.337 e. The monoisotopic (exact) mass is 645 g/mol. The summed E-state index contributed by atoms with van der Waals surface area (Å²) in [5.41, 5.74) is 3.93. The maximum atomic E-state index is 13.7. The summed E-state index contributed by atoms with van der Waals surface area (Å²) in [6, 6.07) is 16.4. The van der Waals surface area contributed by atoms with Crippen molar-refractivity contribution in [3.63, 3.8) is 0 Å². The van der Waals surface area contributed by atoms with E-state index in [1.807, 2.05) is 41.8 Å². The number of methoxy groups -OCH3 is 1. The van der Waals surface area contributed by atoms with Crippen LogP contribution in [0.15, 0.2) is 76.8 Å². The molecule has 2 aromatic carbocycles. The first-order valence-electron chi connectivity index (χ1n) is 13.3. The predicted octanol–water partition coefficient (Wildman–Crippen LogP) is 6.16. The van der Waals surface area contributed by atoms with E-state index in [9.17, 15) is 19.5 Å². The number of aliphatic hydroxyl groups excluding tert-OH is 1. The molecule has 5 aromatic rings. The number of carbonyl (C=O) groups excluding carboxylic acids is 3. The van der Waals surface area contributed by atoms with Gasteiger partial charge in [-0.3, -0.25) is 14.5 Å². The highest BCUT2D eigenvalue weighted by Gasteiger charge is 2.49. The number of nitrogens with zero attached hydrogens (tertiary/aromatic N) is 5. The number of anilines is 1. The van der Waals surface area contributed by atoms with E-state index in [0.29, 0.717) is 32.0 Å². The van der Waals surface area contributed by atoms with Crippen LogP contribution in [0.2, 0.25) is 5.02 Å². The molecule has 0 spiro atoms. The van der Waals surface area contributed by atoms with E-state index in [-0.39, 0.29) is 22.0 Å². The van der Waals surface area contributed by atoms with E-state index in [1.54, 1.807) is 31.2 Å². The van der Waals surface area contributed by atoms with Crippen molar-refractivity contribution in [1.29, 1.82) is 0 Å². The topological polar surface area (TPSA) is 127 Å². The highest BCUT2D eigenvalue weighted by atomic mass is 35.5. The van der Waals surface area contributed by atoms with Crippen molar-refractivity contribution in [3.05, 3.63) is 111 Å². The van der Waals surface area contributed by atoms with Gasteiger partial charge in [-0.1, -0.05) is 65.0 Å². The lowest BCUT2D eigenvalue weighted by Gasteiger charge is -2.22. The fourth-order valence-corrected chi connectivity index (χ4v) is 6.97. The number of ether oxygens (including phenoxy) is 1. The second-order valence-corrected chi connectivity index (χ2v) is 12.6. The summed E-state index contributed by atoms with van der Waals surface area (Å²) in [5.74, 6) is -2.10. The first-order chi connectivity index (χ1) is 21.2. The smallest absolute Gasteiger partial charge is 0.337 e. The molecule has 0 aliphatic carbocycles. The summed E-state index contributed by atoms with van der Waals surface area (Å²) in [5, 5.41) is 21.0. The van der Waals surface area contributed by atoms with Crippen LogP contribution in [0.4, 0.5) is 5.13 Å². The number of Topliss-reactive ketones (excluding diaryl/α,β-unsaturated/α-hetero) is 1. The van der Waals surface area contributed by atoms with Gasteiger partial charge in [-0.2, -0.15) is 0 Å². The van der Waals surface area contributed by atoms with E-state index in [0.717, 1.165) is 22.5 Å². The lowest BCUT2D eigenvalue weighted by atomic mass is 9.95. The van der Waals surface area contributed by atoms with Gasteiger partial charge in [0.05, 0.1) is 30.0 Å². The van der Waals surface area contributed by atoms with E-state index in [1.165, 1.54) is 35.9 Å². The van der Waals surface area contributed by atoms with Crippen LogP contribution in [-0.4, -0.2) is 49.5 Å². The Bertz CT molecular complexity index is 1970. The zero-order valence-corrected chi connectivity index (χ0v) is 26.0. The fraction of sp³-hybridized carbons (Fsp3) is 0.161. The molecule has 0 radical (unpaired) electrons. The summed E-state index contributed by atoms with van der Waals surface area (Å²) in [6.45, 7) is 3.67. The normalized spacial score (nSPS) is 16.2. The van der Waals surface area contributed by atoms with Gasteiger partial charge < -0.3 is 14.2 Å². The summed E-state index contributed by atoms with van der Waals surface area (Å²) in [7, 11) is 1.28. The van der Waals surface area contributed by atoms with Gasteiger partial charge in [0, 0.05) is 17.0 Å². The van der Waals surface area contributed by atoms with Gasteiger partial charge in [-0.25, -0.2) is 9.78 Å². The third-order valence-corrected chi connectivity index (χ3v) is 9.66. The van der Waals surface area contributed by atoms with Gasteiger partial charge in [0.1, 0.15) is 11.3 Å². The zero-order valence-electron chi connectivity index (χ0n) is 23.6. The lowest BCUT2D eigenvalue weighted by Crippen LogP contribution is -2.29. The number of pyridine rings is 1. The molecule has 44 heavy (non-hydrogen) atoms. The molecule has 1 N–H and O–H groups in total. The van der Waals surface area contributed by atoms with Crippen molar-refractivity contribution < 1.29 is 24.2 Å². The van der Waals surface area contributed by atoms with Crippen molar-refractivity contribution >= 4 is 68.9 Å². The molecule has 0 bridgehead atoms. The van der Waals surface area contributed by atoms with Gasteiger partial charge in [-0.05, 0) is 60.9 Å². The molecular weight excluding hydrogens is 622 g/mol. The van der Waals surface area contributed by atoms with Crippen molar-refractivity contribution in [2.45, 2.75) is 30.0 Å². The van der Waals surface area contributed by atoms with Crippen LogP contribution in [0.25, 0.3) is 11.4 Å². The minimum atomic E-state index is -1.06. The number of esters is 1. The highest BCUT2D eigenvalue weighted by Crippen LogP contribution is 2.44. The second kappa shape index (κ2) is 11.9. The van der Waals surface area contributed by atoms with E-state index >= 15 is 0 Å². The molecule has 1 saturated heterocycles. The van der Waals surface area contributed by atoms with Crippen molar-refractivity contribution in [1.82, 2.24) is 19.6 Å². The molecule has 1 amide bonds. The van der Waals surface area contributed by atoms with Gasteiger partial charge in [0.2, 0.25) is 5.13 Å². The molecule has 13 heteroatoms. The molecule has 1 aliphatic rings. The average molecular weight is 646 g/mol. The molecule has 6 rings (SSSR count). The number of halogens is 1. The number of benzene rings is 2. The summed E-state index contributed by atoms with van der Waals surface area (Å²) in [6.07, 6.45) is 1.81. The number of ketones is 1. The molecule has 0 saturated carbocycles. The fourth-order valence-electron chi connectivity index (χ4n) is 5.02. The maximum absolute atomic E-state index is 13.7. The number of aliphatic hydroxyl groups is 1. The Balaban J connectivity index is 1.44. The molecule has 4 heterocycles. The predicted molar refractivity (Wildman–Crippen MR) is 168 cm³/mol. The number of hydrogen-bond donors (Lipinski definition) is 1. The Morgan fingerprint density at radius 2 is 1.80 bits per heavy atom. The average Bonchev–Trinajstić information content (AvgIpc) is 3.71. The van der Waals surface area contributed by atoms with Crippen LogP contribution in [0.1, 0.15) is 44.5 Å². The number of rotatable bonds is 7. The van der Waals surface area contributed by atoms with Gasteiger partial charge in [-0.15, -0.1) is 10.2 Å². The van der Waals surface area contributed by atoms with Crippen molar-refractivity contribution in [2.75, 3.05) is 12.0 Å². The molecule has 10 nitrogen and oxygen atoms in total. The Labute approximate surface area is 265 Å². The zero-order chi connectivity index (χ0) is 31.1. The number of thioether (sulfide) groups is 1. The van der Waals surface area contributed by atoms with E-state index in [4.69, 9.17) is 16.3 Å². The lowest BCUT2D eigenvalue weighted by molar-refractivity contribution is -0.132. The van der Waals surface area contributed by atoms with Crippen LogP contribution in [-0.2, 0) is 20.1 Å². The van der Waals surface area contributed by atoms with Crippen LogP contribution in [0.3, 0.4) is 0 Å². The van der Waals surface area contributed by atoms with Crippen LogP contribution >= 0.6 is 34.7 Å². The van der Waals surface area contributed by atoms with Gasteiger partial charge in [0.25, 0.3) is 5.78 Å². The number of hydrogen-bond acceptors (Lipinski definition) is 10. The van der Waals surface area contributed by atoms with Crippen LogP contribution in [0, 0.1) is 13.8 Å². The quantitative estimate of drug-likeness (QED) is 0.0553. The molecule has 1 fully saturated rings. The Hall–Kier alpha value is -4.52. The first kappa shape index (κ1) is 29.5. The largest absolute Gasteiger partial charge is 0.505 e. The molecule has 1 atom stereocenters. The molecule has 222 valence electrons. The number of aryl methyl sites for hydroxylation is 2. The number of aromatic nitrogens is 4. The third kappa shape index (κ3) is 5.25. The second-order valence-electron chi connectivity index (χ2n) is 9.98. The Morgan fingerprint density at radius 3 is 2.48 bits per heavy atom. The van der Waals surface area contributed by atoms with Crippen LogP contribution < -0.4 is 4.90 Å². The number of amides is 1. The molecule has 1 aliphatic heterocycles. The van der Waals surface area contributed by atoms with Gasteiger partial charge in [0.15, 0.2) is 10.1 Å². The van der Waals surface area contributed by atoms with E-state index < -0.39 is 29.5 Å². The van der Waals surface area contributed by atoms with Crippen LogP contribution in [0.5, 0.6) is 0 Å². The Kier molecular flexibility index (Phi) is 7.97. The third-order valence-electron chi connectivity index (χ3n) is 7.28. The Morgan fingerprint density at radius 1 is 1.07 bits per heavy atom. The minimum absolute atomic E-state index is 0.143. The highest BCUT2D eigenvalue weighted by molar-refractivity contribution is 8.00. The summed E-state index contributed by atoms with van der Waals surface area (Å²) >= 11 is 8.58. The minimum Gasteiger partial charge on any atom is -0.505 e. The van der Waals surface area contributed by atoms with Crippen molar-refractivity contribution in [3.8, 4) is 0 Å². The molecule has 1 unspecified atom stereocenters. The number of fused-ring (bicyclic) bond motifs is 1. The number of carbonyl (C=O) groups is 3. The molecule has 3 aromatic heterocycles. The SMILES string of the molecule is COC(=O)c1ccc(C2/C(=C(\O)c3nc4c(C)cccn4c3C)C(=O)C(=O)N2c2nnc(SCc3ccc(Cl)cc3)s2)cc1. The summed E-state index contributed by atoms with van der Waals surface area (Å²) in [4.78, 5) is 45.3. The summed E-state index contributed by atoms with van der Waals surface area (Å²) < 4.78 is 7.22. The molecular formula is C31H24ClN5O5S2. The first-order valence-corrected chi connectivity index (χ1v) is 15.5. The number of imidazole rings is 1. The van der Waals surface area contributed by atoms with Crippen molar-refractivity contribution in [2.24, 2.45) is 0 Å². The van der Waals surface area contributed by atoms with Gasteiger partial charge >= 0.3 is 11.9 Å². The van der Waals surface area contributed by atoms with E-state index in [2.05, 4.69) is 15.2 Å².